The van der Waals surface area contributed by atoms with Crippen LogP contribution < -0.4 is 5.32 Å². The highest BCUT2D eigenvalue weighted by Gasteiger charge is 2.22. The highest BCUT2D eigenvalue weighted by Crippen LogP contribution is 2.02. The molecule has 1 heterocycles. The van der Waals surface area contributed by atoms with Gasteiger partial charge in [0, 0.05) is 6.54 Å². The van der Waals surface area contributed by atoms with Crippen LogP contribution in [-0.2, 0) is 16.1 Å². The molecule has 6 heteroatoms. The monoisotopic (exact) mass is 266 g/mol. The molecule has 1 amide bonds. The van der Waals surface area contributed by atoms with E-state index in [1.807, 2.05) is 0 Å². The van der Waals surface area contributed by atoms with Gasteiger partial charge in [-0.05, 0) is 19.1 Å². The number of nitrogens with one attached hydrogen (secondary N) is 1. The largest absolute Gasteiger partial charge is 0.480 e. The molecule has 1 aromatic rings. The predicted octanol–water partition coefficient (Wildman–Crippen LogP) is 0.857. The third-order valence-corrected chi connectivity index (χ3v) is 2.65. The van der Waals surface area contributed by atoms with E-state index in [4.69, 9.17) is 9.52 Å². The third kappa shape index (κ3) is 4.97. The Kier molecular flexibility index (Phi) is 5.81. The zero-order valence-electron chi connectivity index (χ0n) is 10.8. The maximum Gasteiger partial charge on any atom is 0.317 e. The van der Waals surface area contributed by atoms with E-state index in [9.17, 15) is 9.59 Å². The van der Waals surface area contributed by atoms with Gasteiger partial charge in [-0.1, -0.05) is 6.08 Å². The zero-order valence-corrected chi connectivity index (χ0v) is 10.8. The molecule has 1 rings (SSSR count). The van der Waals surface area contributed by atoms with Crippen molar-refractivity contribution in [3.05, 3.63) is 36.8 Å². The molecule has 19 heavy (non-hydrogen) atoms. The lowest BCUT2D eigenvalue weighted by atomic mass is 10.2. The number of amides is 1. The number of nitrogens with zero attached hydrogens (tertiary/aromatic N) is 1. The normalized spacial score (nSPS) is 12.1. The van der Waals surface area contributed by atoms with Crippen molar-refractivity contribution >= 4 is 11.9 Å². The van der Waals surface area contributed by atoms with E-state index in [1.165, 1.54) is 11.2 Å². The molecule has 1 atom stereocenters. The second-order valence-electron chi connectivity index (χ2n) is 4.08. The number of carbonyl (C=O) groups excluding carboxylic acids is 1. The van der Waals surface area contributed by atoms with E-state index in [0.717, 1.165) is 0 Å². The molecule has 2 N–H and O–H groups in total. The molecule has 0 radical (unpaired) electrons. The van der Waals surface area contributed by atoms with Gasteiger partial charge in [0.25, 0.3) is 0 Å². The van der Waals surface area contributed by atoms with Crippen LogP contribution in [0.25, 0.3) is 0 Å². The predicted molar refractivity (Wildman–Crippen MR) is 69.4 cm³/mol. The fourth-order valence-electron chi connectivity index (χ4n) is 1.60. The Bertz CT molecular complexity index is 428. The van der Waals surface area contributed by atoms with Gasteiger partial charge in [0.05, 0.1) is 25.4 Å². The minimum Gasteiger partial charge on any atom is -0.480 e. The van der Waals surface area contributed by atoms with E-state index in [1.54, 1.807) is 25.1 Å². The standard InChI is InChI=1S/C13H18N2O4/c1-3-6-15(9-12(16)17)10(2)13(18)14-8-11-5-4-7-19-11/h3-5,7,10H,1,6,8-9H2,2H3,(H,14,18)(H,16,17). The molecule has 0 aromatic carbocycles. The van der Waals surface area contributed by atoms with Gasteiger partial charge in [0.1, 0.15) is 5.76 Å². The highest BCUT2D eigenvalue weighted by molar-refractivity contribution is 5.82. The lowest BCUT2D eigenvalue weighted by Crippen LogP contribution is -2.46. The molecule has 1 aromatic heterocycles. The van der Waals surface area contributed by atoms with Crippen molar-refractivity contribution in [1.82, 2.24) is 10.2 Å². The van der Waals surface area contributed by atoms with E-state index in [2.05, 4.69) is 11.9 Å². The summed E-state index contributed by atoms with van der Waals surface area (Å²) >= 11 is 0. The molecular formula is C13H18N2O4. The highest BCUT2D eigenvalue weighted by atomic mass is 16.4. The van der Waals surface area contributed by atoms with Gasteiger partial charge in [0.2, 0.25) is 5.91 Å². The molecule has 1 unspecified atom stereocenters. The molecular weight excluding hydrogens is 248 g/mol. The summed E-state index contributed by atoms with van der Waals surface area (Å²) in [6, 6.07) is 2.94. The number of furan rings is 1. The Balaban J connectivity index is 2.52. The molecule has 0 saturated heterocycles. The van der Waals surface area contributed by atoms with Crippen LogP contribution in [0, 0.1) is 0 Å². The van der Waals surface area contributed by atoms with Gasteiger partial charge >= 0.3 is 5.97 Å². The van der Waals surface area contributed by atoms with Crippen molar-refractivity contribution < 1.29 is 19.1 Å². The summed E-state index contributed by atoms with van der Waals surface area (Å²) in [6.45, 7) is 5.62. The topological polar surface area (TPSA) is 82.8 Å². The number of rotatable bonds is 8. The molecule has 0 bridgehead atoms. The molecule has 104 valence electrons. The number of hydrogen-bond acceptors (Lipinski definition) is 4. The second-order valence-corrected chi connectivity index (χ2v) is 4.08. The Morgan fingerprint density at radius 2 is 2.37 bits per heavy atom. The fraction of sp³-hybridized carbons (Fsp3) is 0.385. The van der Waals surface area contributed by atoms with Gasteiger partial charge in [-0.25, -0.2) is 0 Å². The van der Waals surface area contributed by atoms with Crippen molar-refractivity contribution in [2.45, 2.75) is 19.5 Å². The molecule has 0 aliphatic heterocycles. The van der Waals surface area contributed by atoms with Gasteiger partial charge in [-0.2, -0.15) is 0 Å². The lowest BCUT2D eigenvalue weighted by molar-refractivity contribution is -0.139. The summed E-state index contributed by atoms with van der Waals surface area (Å²) in [6.07, 6.45) is 3.10. The number of carbonyl (C=O) groups is 2. The number of carboxylic acid groups (broad SMARTS) is 1. The smallest absolute Gasteiger partial charge is 0.317 e. The lowest BCUT2D eigenvalue weighted by Gasteiger charge is -2.25. The van der Waals surface area contributed by atoms with Crippen LogP contribution >= 0.6 is 0 Å². The summed E-state index contributed by atoms with van der Waals surface area (Å²) in [7, 11) is 0. The first-order chi connectivity index (χ1) is 9.04. The van der Waals surface area contributed by atoms with Crippen molar-refractivity contribution in [3.63, 3.8) is 0 Å². The maximum atomic E-state index is 11.9. The van der Waals surface area contributed by atoms with Crippen molar-refractivity contribution in [3.8, 4) is 0 Å². The Morgan fingerprint density at radius 1 is 1.63 bits per heavy atom. The summed E-state index contributed by atoms with van der Waals surface area (Å²) in [5.41, 5.74) is 0. The first-order valence-electron chi connectivity index (χ1n) is 5.91. The Morgan fingerprint density at radius 3 is 2.89 bits per heavy atom. The summed E-state index contributed by atoms with van der Waals surface area (Å²) in [5, 5.41) is 11.5. The van der Waals surface area contributed by atoms with Gasteiger partial charge < -0.3 is 14.8 Å². The molecule has 6 nitrogen and oxygen atoms in total. The van der Waals surface area contributed by atoms with Crippen LogP contribution in [0.3, 0.4) is 0 Å². The molecule has 0 spiro atoms. The second kappa shape index (κ2) is 7.38. The zero-order chi connectivity index (χ0) is 14.3. The van der Waals surface area contributed by atoms with E-state index >= 15 is 0 Å². The first kappa shape index (κ1) is 15.0. The quantitative estimate of drug-likeness (QED) is 0.682. The van der Waals surface area contributed by atoms with Gasteiger partial charge in [-0.3, -0.25) is 14.5 Å². The van der Waals surface area contributed by atoms with Crippen LogP contribution in [0.5, 0.6) is 0 Å². The van der Waals surface area contributed by atoms with Crippen molar-refractivity contribution in [2.75, 3.05) is 13.1 Å². The summed E-state index contributed by atoms with van der Waals surface area (Å²) in [5.74, 6) is -0.582. The first-order valence-corrected chi connectivity index (χ1v) is 5.91. The minimum atomic E-state index is -0.979. The fourth-order valence-corrected chi connectivity index (χ4v) is 1.60. The van der Waals surface area contributed by atoms with Gasteiger partial charge in [-0.15, -0.1) is 6.58 Å². The van der Waals surface area contributed by atoms with Crippen molar-refractivity contribution in [2.24, 2.45) is 0 Å². The van der Waals surface area contributed by atoms with Crippen LogP contribution in [-0.4, -0.2) is 41.0 Å². The summed E-state index contributed by atoms with van der Waals surface area (Å²) in [4.78, 5) is 24.2. The average molecular weight is 266 g/mol. The van der Waals surface area contributed by atoms with Crippen LogP contribution in [0.4, 0.5) is 0 Å². The number of aliphatic carboxylic acids is 1. The SMILES string of the molecule is C=CCN(CC(=O)O)C(C)C(=O)NCc1ccco1. The van der Waals surface area contributed by atoms with Crippen LogP contribution in [0.1, 0.15) is 12.7 Å². The van der Waals surface area contributed by atoms with E-state index < -0.39 is 12.0 Å². The van der Waals surface area contributed by atoms with E-state index in [-0.39, 0.29) is 19.0 Å². The van der Waals surface area contributed by atoms with Crippen LogP contribution in [0.2, 0.25) is 0 Å². The molecule has 0 fully saturated rings. The number of hydrogen-bond donors (Lipinski definition) is 2. The van der Waals surface area contributed by atoms with E-state index in [0.29, 0.717) is 12.3 Å². The maximum absolute atomic E-state index is 11.9. The van der Waals surface area contributed by atoms with Gasteiger partial charge in [0.15, 0.2) is 0 Å². The third-order valence-electron chi connectivity index (χ3n) is 2.65. The average Bonchev–Trinajstić information content (AvgIpc) is 2.87. The molecule has 0 aliphatic carbocycles. The minimum absolute atomic E-state index is 0.207. The Labute approximate surface area is 111 Å². The Hall–Kier alpha value is -2.08. The molecule has 0 saturated carbocycles. The summed E-state index contributed by atoms with van der Waals surface area (Å²) < 4.78 is 5.10. The van der Waals surface area contributed by atoms with Crippen LogP contribution in [0.15, 0.2) is 35.5 Å². The van der Waals surface area contributed by atoms with Crippen molar-refractivity contribution in [1.29, 1.82) is 0 Å². The number of carboxylic acids is 1. The molecule has 0 aliphatic rings.